The van der Waals surface area contributed by atoms with Gasteiger partial charge in [0.2, 0.25) is 0 Å². The molecule has 1 atom stereocenters. The van der Waals surface area contributed by atoms with Crippen molar-refractivity contribution in [2.24, 2.45) is 5.92 Å². The lowest BCUT2D eigenvalue weighted by molar-refractivity contribution is -0.145. The highest BCUT2D eigenvalue weighted by molar-refractivity contribution is 6.34. The summed E-state index contributed by atoms with van der Waals surface area (Å²) in [5.41, 5.74) is 0. The van der Waals surface area contributed by atoms with Gasteiger partial charge >= 0.3 is 11.9 Å². The molecule has 120 valence electrons. The molecule has 0 saturated carbocycles. The zero-order valence-corrected chi connectivity index (χ0v) is 14.1. The third-order valence-corrected chi connectivity index (χ3v) is 3.42. The van der Waals surface area contributed by atoms with E-state index in [2.05, 4.69) is 0 Å². The molecule has 0 aliphatic carbocycles. The van der Waals surface area contributed by atoms with Crippen LogP contribution in [-0.2, 0) is 14.3 Å². The number of benzene rings is 1. The Morgan fingerprint density at radius 3 is 2.41 bits per heavy atom. The Kier molecular flexibility index (Phi) is 7.42. The summed E-state index contributed by atoms with van der Waals surface area (Å²) in [7, 11) is 0. The number of carbonyl (C=O) groups is 2. The minimum atomic E-state index is -0.737. The molecule has 1 rings (SSSR count). The Balaban J connectivity index is 2.60. The van der Waals surface area contributed by atoms with E-state index in [1.54, 1.807) is 6.07 Å². The topological polar surface area (TPSA) is 52.6 Å². The van der Waals surface area contributed by atoms with Crippen LogP contribution in [0.25, 0.3) is 0 Å². The first-order valence-corrected chi connectivity index (χ1v) is 7.64. The lowest BCUT2D eigenvalue weighted by Gasteiger charge is -2.18. The zero-order chi connectivity index (χ0) is 16.7. The molecule has 1 aromatic rings. The van der Waals surface area contributed by atoms with Crippen molar-refractivity contribution in [2.75, 3.05) is 0 Å². The highest BCUT2D eigenvalue weighted by atomic mass is 35.5. The number of hydrogen-bond donors (Lipinski definition) is 0. The molecule has 6 heteroatoms. The summed E-state index contributed by atoms with van der Waals surface area (Å²) in [4.78, 5) is 23.3. The minimum Gasteiger partial charge on any atom is -0.459 e. The fraction of sp³-hybridized carbons (Fsp3) is 0.375. The van der Waals surface area contributed by atoms with E-state index in [0.717, 1.165) is 12.2 Å². The smallest absolute Gasteiger partial charge is 0.336 e. The maximum atomic E-state index is 11.7. The molecule has 0 spiro atoms. The van der Waals surface area contributed by atoms with Crippen molar-refractivity contribution in [3.05, 3.63) is 40.4 Å². The zero-order valence-electron chi connectivity index (χ0n) is 12.6. The van der Waals surface area contributed by atoms with E-state index in [1.807, 2.05) is 20.8 Å². The Hall–Kier alpha value is -1.52. The van der Waals surface area contributed by atoms with E-state index in [-0.39, 0.29) is 22.8 Å². The Bertz CT molecular complexity index is 567. The van der Waals surface area contributed by atoms with Crippen LogP contribution in [0.1, 0.15) is 27.2 Å². The van der Waals surface area contributed by atoms with Crippen LogP contribution >= 0.6 is 23.2 Å². The molecule has 0 aliphatic rings. The number of halogens is 2. The standard InChI is InChI=1S/C16H18Cl2O4/c1-4-13(10(2)3)21-15(19)7-8-16(20)22-14-9-11(17)5-6-12(14)18/h5-10,13H,4H2,1-3H3/b8-7+. The number of hydrogen-bond acceptors (Lipinski definition) is 4. The van der Waals surface area contributed by atoms with Crippen molar-refractivity contribution in [2.45, 2.75) is 33.3 Å². The SMILES string of the molecule is CCC(OC(=O)/C=C/C(=O)Oc1cc(Cl)ccc1Cl)C(C)C. The predicted octanol–water partition coefficient (Wildman–Crippen LogP) is 4.43. The number of rotatable bonds is 6. The van der Waals surface area contributed by atoms with Gasteiger partial charge in [-0.1, -0.05) is 44.0 Å². The van der Waals surface area contributed by atoms with Gasteiger partial charge in [0.15, 0.2) is 5.75 Å². The van der Waals surface area contributed by atoms with Crippen LogP contribution in [0, 0.1) is 5.92 Å². The molecule has 1 aromatic carbocycles. The first-order valence-electron chi connectivity index (χ1n) is 6.89. The minimum absolute atomic E-state index is 0.130. The Morgan fingerprint density at radius 2 is 1.82 bits per heavy atom. The monoisotopic (exact) mass is 344 g/mol. The molecule has 0 aliphatic heterocycles. The van der Waals surface area contributed by atoms with Gasteiger partial charge in [0.25, 0.3) is 0 Å². The fourth-order valence-corrected chi connectivity index (χ4v) is 2.03. The van der Waals surface area contributed by atoms with Crippen LogP contribution in [-0.4, -0.2) is 18.0 Å². The van der Waals surface area contributed by atoms with E-state index in [4.69, 9.17) is 32.7 Å². The molecular formula is C16H18Cl2O4. The van der Waals surface area contributed by atoms with Gasteiger partial charge in [-0.3, -0.25) is 0 Å². The Labute approximate surface area is 140 Å². The van der Waals surface area contributed by atoms with Crippen LogP contribution in [0.3, 0.4) is 0 Å². The van der Waals surface area contributed by atoms with Crippen molar-refractivity contribution in [3.63, 3.8) is 0 Å². The first-order chi connectivity index (χ1) is 10.3. The van der Waals surface area contributed by atoms with Crippen molar-refractivity contribution in [1.29, 1.82) is 0 Å². The summed E-state index contributed by atoms with van der Waals surface area (Å²) < 4.78 is 10.2. The van der Waals surface area contributed by atoms with Crippen LogP contribution in [0.2, 0.25) is 10.0 Å². The Morgan fingerprint density at radius 1 is 1.18 bits per heavy atom. The van der Waals surface area contributed by atoms with Crippen LogP contribution in [0.4, 0.5) is 0 Å². The average Bonchev–Trinajstić information content (AvgIpc) is 2.46. The van der Waals surface area contributed by atoms with E-state index in [9.17, 15) is 9.59 Å². The number of esters is 2. The van der Waals surface area contributed by atoms with Gasteiger partial charge in [0.05, 0.1) is 5.02 Å². The van der Waals surface area contributed by atoms with Crippen molar-refractivity contribution in [3.8, 4) is 5.75 Å². The summed E-state index contributed by atoms with van der Waals surface area (Å²) >= 11 is 11.7. The van der Waals surface area contributed by atoms with Gasteiger partial charge < -0.3 is 9.47 Å². The fourth-order valence-electron chi connectivity index (χ4n) is 1.71. The molecule has 0 saturated heterocycles. The highest BCUT2D eigenvalue weighted by Crippen LogP contribution is 2.27. The van der Waals surface area contributed by atoms with E-state index >= 15 is 0 Å². The highest BCUT2D eigenvalue weighted by Gasteiger charge is 2.15. The molecule has 0 bridgehead atoms. The van der Waals surface area contributed by atoms with Gasteiger partial charge in [0.1, 0.15) is 6.10 Å². The second-order valence-corrected chi connectivity index (χ2v) is 5.80. The first kappa shape index (κ1) is 18.5. The molecule has 1 unspecified atom stereocenters. The summed E-state index contributed by atoms with van der Waals surface area (Å²) in [5.74, 6) is -0.987. The van der Waals surface area contributed by atoms with Crippen molar-refractivity contribution in [1.82, 2.24) is 0 Å². The van der Waals surface area contributed by atoms with E-state index in [1.165, 1.54) is 12.1 Å². The quantitative estimate of drug-likeness (QED) is 0.435. The molecule has 22 heavy (non-hydrogen) atoms. The lowest BCUT2D eigenvalue weighted by Crippen LogP contribution is -2.21. The molecule has 0 fully saturated rings. The normalized spacial score (nSPS) is 12.5. The lowest BCUT2D eigenvalue weighted by atomic mass is 10.1. The summed E-state index contributed by atoms with van der Waals surface area (Å²) in [6, 6.07) is 4.50. The van der Waals surface area contributed by atoms with Crippen LogP contribution in [0.15, 0.2) is 30.4 Å². The van der Waals surface area contributed by atoms with Gasteiger partial charge in [-0.05, 0) is 24.5 Å². The summed E-state index contributed by atoms with van der Waals surface area (Å²) in [6.45, 7) is 5.85. The number of carbonyl (C=O) groups excluding carboxylic acids is 2. The maximum absolute atomic E-state index is 11.7. The van der Waals surface area contributed by atoms with Gasteiger partial charge in [-0.2, -0.15) is 0 Å². The van der Waals surface area contributed by atoms with Gasteiger partial charge in [-0.25, -0.2) is 9.59 Å². The largest absolute Gasteiger partial charge is 0.459 e. The van der Waals surface area contributed by atoms with Crippen molar-refractivity contribution < 1.29 is 19.1 Å². The second-order valence-electron chi connectivity index (χ2n) is 4.96. The summed E-state index contributed by atoms with van der Waals surface area (Å²) in [6.07, 6.45) is 2.55. The van der Waals surface area contributed by atoms with Crippen LogP contribution in [0.5, 0.6) is 5.75 Å². The third-order valence-electron chi connectivity index (χ3n) is 2.87. The number of ether oxygens (including phenoxy) is 2. The molecule has 4 nitrogen and oxygen atoms in total. The molecular weight excluding hydrogens is 327 g/mol. The van der Waals surface area contributed by atoms with E-state index in [0.29, 0.717) is 11.4 Å². The molecule has 0 heterocycles. The predicted molar refractivity (Wildman–Crippen MR) is 86.2 cm³/mol. The second kappa shape index (κ2) is 8.81. The van der Waals surface area contributed by atoms with Gasteiger partial charge in [0, 0.05) is 23.2 Å². The van der Waals surface area contributed by atoms with E-state index < -0.39 is 11.9 Å². The maximum Gasteiger partial charge on any atom is 0.336 e. The molecule has 0 amide bonds. The third kappa shape index (κ3) is 6.08. The van der Waals surface area contributed by atoms with Crippen LogP contribution < -0.4 is 4.74 Å². The molecule has 0 radical (unpaired) electrons. The summed E-state index contributed by atoms with van der Waals surface area (Å²) in [5, 5.41) is 0.637. The van der Waals surface area contributed by atoms with Gasteiger partial charge in [-0.15, -0.1) is 0 Å². The molecule has 0 N–H and O–H groups in total. The average molecular weight is 345 g/mol. The molecule has 0 aromatic heterocycles. The van der Waals surface area contributed by atoms with Crippen molar-refractivity contribution >= 4 is 35.1 Å².